The summed E-state index contributed by atoms with van der Waals surface area (Å²) in [5.41, 5.74) is 1.23. The van der Waals surface area contributed by atoms with E-state index in [0.717, 1.165) is 0 Å². The molecular weight excluding hydrogens is 210 g/mol. The normalized spacial score (nSPS) is 11.9. The summed E-state index contributed by atoms with van der Waals surface area (Å²) in [5.74, 6) is 0. The zero-order valence-electron chi connectivity index (χ0n) is 8.97. The Balaban J connectivity index is 2.53. The van der Waals surface area contributed by atoms with E-state index >= 15 is 0 Å². The van der Waals surface area contributed by atoms with Gasteiger partial charge in [-0.15, -0.1) is 4.85 Å². The van der Waals surface area contributed by atoms with E-state index in [2.05, 4.69) is 5.21 Å². The van der Waals surface area contributed by atoms with Crippen molar-refractivity contribution in [3.05, 3.63) is 29.5 Å². The van der Waals surface area contributed by atoms with Crippen LogP contribution in [0.2, 0.25) is 19.6 Å². The van der Waals surface area contributed by atoms with Gasteiger partial charge in [0.05, 0.1) is 0 Å². The fraction of sp³-hybridized carbons (Fsp3) is 0.333. The quantitative estimate of drug-likeness (QED) is 0.432. The van der Waals surface area contributed by atoms with Crippen molar-refractivity contribution in [1.82, 2.24) is 10.1 Å². The van der Waals surface area contributed by atoms with E-state index in [1.54, 1.807) is 12.1 Å². The van der Waals surface area contributed by atoms with Gasteiger partial charge < -0.3 is 9.73 Å². The summed E-state index contributed by atoms with van der Waals surface area (Å²) in [6, 6.07) is 7.20. The zero-order valence-corrected chi connectivity index (χ0v) is 9.97. The number of rotatable bonds is 2. The lowest BCUT2D eigenvalue weighted by atomic mass is 10.3. The molecule has 0 spiro atoms. The molecule has 0 saturated carbocycles. The molecule has 5 nitrogen and oxygen atoms in total. The predicted octanol–water partition coefficient (Wildman–Crippen LogP) is 0.933. The number of benzene rings is 1. The monoisotopic (exact) mass is 223 g/mol. The Labute approximate surface area is 88.5 Å². The van der Waals surface area contributed by atoms with E-state index in [4.69, 9.17) is 4.53 Å². The van der Waals surface area contributed by atoms with Crippen LogP contribution >= 0.6 is 0 Å². The third-order valence-corrected chi connectivity index (χ3v) is 2.54. The SMILES string of the molecule is C[Si](C)(C)On1n[n+]([O-])c2ccccc21. The molecule has 1 heterocycles. The maximum absolute atomic E-state index is 11.4. The van der Waals surface area contributed by atoms with E-state index in [1.165, 1.54) is 4.85 Å². The van der Waals surface area contributed by atoms with Crippen LogP contribution in [0.1, 0.15) is 0 Å². The van der Waals surface area contributed by atoms with E-state index in [1.807, 2.05) is 31.8 Å². The maximum Gasteiger partial charge on any atom is 0.311 e. The molecule has 0 amide bonds. The van der Waals surface area contributed by atoms with Gasteiger partial charge in [-0.1, -0.05) is 12.1 Å². The highest BCUT2D eigenvalue weighted by atomic mass is 28.4. The summed E-state index contributed by atoms with van der Waals surface area (Å²) in [6.45, 7) is 6.12. The fourth-order valence-corrected chi connectivity index (χ4v) is 1.94. The standard InChI is InChI=1S/C9H13N3O2Si/c1-15(2,3)14-12-9-7-5-4-6-8(9)11(13)10-12/h4-7H,1-3H3. The van der Waals surface area contributed by atoms with Crippen molar-refractivity contribution in [2.24, 2.45) is 0 Å². The van der Waals surface area contributed by atoms with Gasteiger partial charge in [0, 0.05) is 4.85 Å². The second-order valence-electron chi connectivity index (χ2n) is 4.33. The molecule has 1 aromatic carbocycles. The van der Waals surface area contributed by atoms with Crippen LogP contribution in [0, 0.1) is 5.21 Å². The average Bonchev–Trinajstić information content (AvgIpc) is 2.42. The van der Waals surface area contributed by atoms with Gasteiger partial charge in [0.15, 0.2) is 0 Å². The maximum atomic E-state index is 11.4. The predicted molar refractivity (Wildman–Crippen MR) is 58.6 cm³/mol. The zero-order chi connectivity index (χ0) is 11.1. The Morgan fingerprint density at radius 1 is 1.33 bits per heavy atom. The molecule has 80 valence electrons. The highest BCUT2D eigenvalue weighted by molar-refractivity contribution is 6.69. The van der Waals surface area contributed by atoms with Gasteiger partial charge in [-0.25, -0.2) is 0 Å². The highest BCUT2D eigenvalue weighted by Crippen LogP contribution is 2.09. The first kappa shape index (κ1) is 9.97. The van der Waals surface area contributed by atoms with Crippen molar-refractivity contribution in [2.45, 2.75) is 19.6 Å². The molecule has 6 heteroatoms. The molecule has 0 saturated heterocycles. The van der Waals surface area contributed by atoms with E-state index in [-0.39, 0.29) is 0 Å². The molecule has 2 aromatic rings. The van der Waals surface area contributed by atoms with Crippen LogP contribution in [-0.2, 0) is 0 Å². The van der Waals surface area contributed by atoms with Crippen LogP contribution in [0.3, 0.4) is 0 Å². The van der Waals surface area contributed by atoms with E-state index < -0.39 is 8.32 Å². The third kappa shape index (κ3) is 1.94. The Kier molecular flexibility index (Phi) is 2.15. The Morgan fingerprint density at radius 3 is 2.67 bits per heavy atom. The van der Waals surface area contributed by atoms with Gasteiger partial charge >= 0.3 is 8.32 Å². The highest BCUT2D eigenvalue weighted by Gasteiger charge is 2.25. The van der Waals surface area contributed by atoms with Crippen LogP contribution in [0.15, 0.2) is 24.3 Å². The van der Waals surface area contributed by atoms with Crippen LogP contribution in [-0.4, -0.2) is 18.4 Å². The first-order chi connectivity index (χ1) is 6.97. The molecule has 1 aromatic heterocycles. The van der Waals surface area contributed by atoms with Crippen molar-refractivity contribution in [3.8, 4) is 0 Å². The Hall–Kier alpha value is -1.56. The summed E-state index contributed by atoms with van der Waals surface area (Å²) in [4.78, 5) is 1.91. The fourth-order valence-electron chi connectivity index (χ4n) is 1.28. The van der Waals surface area contributed by atoms with Crippen LogP contribution in [0.4, 0.5) is 0 Å². The van der Waals surface area contributed by atoms with Crippen LogP contribution in [0.5, 0.6) is 0 Å². The lowest BCUT2D eigenvalue weighted by Crippen LogP contribution is -2.39. The molecule has 15 heavy (non-hydrogen) atoms. The number of hydrogen-bond donors (Lipinski definition) is 0. The minimum Gasteiger partial charge on any atom is -0.691 e. The van der Waals surface area contributed by atoms with E-state index in [9.17, 15) is 5.21 Å². The van der Waals surface area contributed by atoms with Crippen molar-refractivity contribution in [3.63, 3.8) is 0 Å². The van der Waals surface area contributed by atoms with E-state index in [0.29, 0.717) is 15.9 Å². The topological polar surface area (TPSA) is 54.0 Å². The molecule has 0 bridgehead atoms. The smallest absolute Gasteiger partial charge is 0.311 e. The minimum atomic E-state index is -1.75. The molecule has 0 radical (unpaired) electrons. The summed E-state index contributed by atoms with van der Waals surface area (Å²) >= 11 is 0. The molecule has 0 unspecified atom stereocenters. The summed E-state index contributed by atoms with van der Waals surface area (Å²) < 4.78 is 5.66. The Morgan fingerprint density at radius 2 is 2.00 bits per heavy atom. The Bertz CT molecular complexity index is 490. The van der Waals surface area contributed by atoms with Gasteiger partial charge in [-0.3, -0.25) is 0 Å². The molecule has 2 rings (SSSR count). The summed E-state index contributed by atoms with van der Waals surface area (Å²) in [6.07, 6.45) is 0. The third-order valence-electron chi connectivity index (χ3n) is 1.82. The van der Waals surface area contributed by atoms with Gasteiger partial charge in [-0.05, 0) is 31.8 Å². The molecule has 0 N–H and O–H groups in total. The molecule has 0 aliphatic rings. The molecule has 0 aliphatic heterocycles. The number of aromatic nitrogens is 3. The second-order valence-corrected chi connectivity index (χ2v) is 8.74. The number of fused-ring (bicyclic) bond motifs is 1. The molecular formula is C9H13N3O2Si. The summed E-state index contributed by atoms with van der Waals surface area (Å²) in [7, 11) is -1.75. The number of nitrogens with zero attached hydrogens (tertiary/aromatic N) is 3. The lowest BCUT2D eigenvalue weighted by molar-refractivity contribution is -0.648. The van der Waals surface area contributed by atoms with Gasteiger partial charge in [0.25, 0.3) is 0 Å². The van der Waals surface area contributed by atoms with Crippen molar-refractivity contribution >= 4 is 19.4 Å². The first-order valence-corrected chi connectivity index (χ1v) is 8.15. The minimum absolute atomic E-state index is 0.524. The van der Waals surface area contributed by atoms with Gasteiger partial charge in [0.2, 0.25) is 11.0 Å². The number of para-hydroxylation sites is 2. The summed E-state index contributed by atoms with van der Waals surface area (Å²) in [5, 5.41) is 15.2. The van der Waals surface area contributed by atoms with Gasteiger partial charge in [-0.2, -0.15) is 0 Å². The average molecular weight is 223 g/mol. The van der Waals surface area contributed by atoms with Crippen molar-refractivity contribution in [1.29, 1.82) is 0 Å². The van der Waals surface area contributed by atoms with Crippen molar-refractivity contribution < 1.29 is 9.37 Å². The largest absolute Gasteiger partial charge is 0.691 e. The van der Waals surface area contributed by atoms with Crippen molar-refractivity contribution in [2.75, 3.05) is 0 Å². The van der Waals surface area contributed by atoms with Crippen LogP contribution < -0.4 is 9.37 Å². The lowest BCUT2D eigenvalue weighted by Gasteiger charge is -2.11. The molecule has 0 atom stereocenters. The van der Waals surface area contributed by atoms with Crippen LogP contribution in [0.25, 0.3) is 11.0 Å². The first-order valence-electron chi connectivity index (χ1n) is 4.74. The van der Waals surface area contributed by atoms with Gasteiger partial charge in [0.1, 0.15) is 5.21 Å². The molecule has 0 fully saturated rings. The number of hydrogen-bond acceptors (Lipinski definition) is 3. The molecule has 0 aliphatic carbocycles. The second kappa shape index (κ2) is 3.23.